The van der Waals surface area contributed by atoms with Crippen molar-refractivity contribution in [2.75, 3.05) is 5.43 Å². The molecule has 0 aliphatic carbocycles. The van der Waals surface area contributed by atoms with Crippen molar-refractivity contribution >= 4 is 32.8 Å². The zero-order valence-electron chi connectivity index (χ0n) is 10.4. The number of rotatable bonds is 2. The fraction of sp³-hybridized carbons (Fsp3) is 0. The number of para-hydroxylation sites is 1. The second-order valence-corrected chi connectivity index (χ2v) is 5.13. The second-order valence-electron chi connectivity index (χ2n) is 4.22. The van der Waals surface area contributed by atoms with E-state index in [0.717, 1.165) is 4.47 Å². The lowest BCUT2D eigenvalue weighted by Crippen LogP contribution is -2.25. The number of aromatic nitrogens is 2. The van der Waals surface area contributed by atoms with Gasteiger partial charge in [-0.25, -0.2) is 15.4 Å². The number of fused-ring (bicyclic) bond motifs is 1. The summed E-state index contributed by atoms with van der Waals surface area (Å²) in [5.74, 6) is 5.80. The SMILES string of the molecule is NNc1nc2ccccc2c(=O)n1-c1cccc(Br)c1. The van der Waals surface area contributed by atoms with Crippen LogP contribution in [0, 0.1) is 0 Å². The van der Waals surface area contributed by atoms with Gasteiger partial charge in [0.05, 0.1) is 16.6 Å². The molecule has 3 aromatic rings. The molecule has 1 aromatic heterocycles. The third-order valence-electron chi connectivity index (χ3n) is 2.97. The first-order valence-corrected chi connectivity index (χ1v) is 6.74. The standard InChI is InChI=1S/C14H11BrN4O/c15-9-4-3-5-10(8-9)19-13(20)11-6-1-2-7-12(11)17-14(19)18-16/h1-8H,16H2,(H,17,18). The first kappa shape index (κ1) is 12.8. The van der Waals surface area contributed by atoms with Gasteiger partial charge in [0.1, 0.15) is 0 Å². The lowest BCUT2D eigenvalue weighted by atomic mass is 10.2. The number of nitrogens with one attached hydrogen (secondary N) is 1. The molecule has 0 saturated heterocycles. The van der Waals surface area contributed by atoms with E-state index in [1.807, 2.05) is 36.4 Å². The molecule has 0 saturated carbocycles. The summed E-state index contributed by atoms with van der Waals surface area (Å²) >= 11 is 3.39. The average Bonchev–Trinajstić information content (AvgIpc) is 2.47. The van der Waals surface area contributed by atoms with Gasteiger partial charge < -0.3 is 0 Å². The Morgan fingerprint density at radius 3 is 2.70 bits per heavy atom. The van der Waals surface area contributed by atoms with E-state index in [9.17, 15) is 4.79 Å². The van der Waals surface area contributed by atoms with Crippen LogP contribution in [-0.2, 0) is 0 Å². The first-order chi connectivity index (χ1) is 9.70. The van der Waals surface area contributed by atoms with Gasteiger partial charge in [-0.1, -0.05) is 34.1 Å². The highest BCUT2D eigenvalue weighted by molar-refractivity contribution is 9.10. The van der Waals surface area contributed by atoms with Crippen LogP contribution in [-0.4, -0.2) is 9.55 Å². The monoisotopic (exact) mass is 330 g/mol. The van der Waals surface area contributed by atoms with E-state index in [1.54, 1.807) is 12.1 Å². The molecule has 20 heavy (non-hydrogen) atoms. The second kappa shape index (κ2) is 5.07. The molecule has 0 spiro atoms. The highest BCUT2D eigenvalue weighted by atomic mass is 79.9. The molecule has 5 nitrogen and oxygen atoms in total. The van der Waals surface area contributed by atoms with Crippen LogP contribution in [0.3, 0.4) is 0 Å². The number of hydrogen-bond donors (Lipinski definition) is 2. The minimum absolute atomic E-state index is 0.165. The largest absolute Gasteiger partial charge is 0.293 e. The van der Waals surface area contributed by atoms with Gasteiger partial charge in [0.25, 0.3) is 5.56 Å². The summed E-state index contributed by atoms with van der Waals surface area (Å²) in [7, 11) is 0. The van der Waals surface area contributed by atoms with E-state index in [2.05, 4.69) is 26.3 Å². The molecule has 0 fully saturated rings. The van der Waals surface area contributed by atoms with E-state index in [0.29, 0.717) is 22.5 Å². The molecule has 1 heterocycles. The molecule has 0 aliphatic rings. The van der Waals surface area contributed by atoms with Crippen LogP contribution < -0.4 is 16.8 Å². The molecule has 0 amide bonds. The number of hydrogen-bond acceptors (Lipinski definition) is 4. The molecular formula is C14H11BrN4O. The van der Waals surface area contributed by atoms with Crippen LogP contribution in [0.5, 0.6) is 0 Å². The maximum Gasteiger partial charge on any atom is 0.267 e. The summed E-state index contributed by atoms with van der Waals surface area (Å²) in [5, 5.41) is 0.548. The Morgan fingerprint density at radius 1 is 1.15 bits per heavy atom. The van der Waals surface area contributed by atoms with E-state index in [1.165, 1.54) is 4.57 Å². The fourth-order valence-corrected chi connectivity index (χ4v) is 2.47. The van der Waals surface area contributed by atoms with Gasteiger partial charge in [0.15, 0.2) is 0 Å². The zero-order valence-corrected chi connectivity index (χ0v) is 12.0. The van der Waals surface area contributed by atoms with Crippen molar-refractivity contribution in [3.05, 3.63) is 63.4 Å². The molecule has 0 bridgehead atoms. The Balaban J connectivity index is 2.40. The van der Waals surface area contributed by atoms with Gasteiger partial charge >= 0.3 is 0 Å². The van der Waals surface area contributed by atoms with Crippen molar-refractivity contribution in [2.24, 2.45) is 5.84 Å². The predicted molar refractivity (Wildman–Crippen MR) is 82.9 cm³/mol. The van der Waals surface area contributed by atoms with Crippen LogP contribution in [0.15, 0.2) is 57.8 Å². The van der Waals surface area contributed by atoms with Crippen molar-refractivity contribution in [1.29, 1.82) is 0 Å². The molecule has 3 rings (SSSR count). The Bertz CT molecular complexity index is 844. The summed E-state index contributed by atoms with van der Waals surface area (Å²) < 4.78 is 2.32. The van der Waals surface area contributed by atoms with Crippen molar-refractivity contribution in [1.82, 2.24) is 9.55 Å². The fourth-order valence-electron chi connectivity index (χ4n) is 2.08. The van der Waals surface area contributed by atoms with E-state index >= 15 is 0 Å². The molecule has 3 N–H and O–H groups in total. The molecule has 6 heteroatoms. The number of halogens is 1. The molecular weight excluding hydrogens is 320 g/mol. The number of hydrazine groups is 1. The topological polar surface area (TPSA) is 72.9 Å². The van der Waals surface area contributed by atoms with Gasteiger partial charge in [0.2, 0.25) is 5.95 Å². The lowest BCUT2D eigenvalue weighted by molar-refractivity contribution is 0.955. The summed E-state index contributed by atoms with van der Waals surface area (Å²) in [6, 6.07) is 14.6. The van der Waals surface area contributed by atoms with Crippen LogP contribution in [0.2, 0.25) is 0 Å². The number of nitrogen functional groups attached to an aromatic ring is 1. The van der Waals surface area contributed by atoms with Crippen molar-refractivity contribution < 1.29 is 0 Å². The third kappa shape index (κ3) is 2.09. The zero-order chi connectivity index (χ0) is 14.1. The number of benzene rings is 2. The van der Waals surface area contributed by atoms with Crippen LogP contribution in [0.4, 0.5) is 5.95 Å². The van der Waals surface area contributed by atoms with Crippen LogP contribution in [0.1, 0.15) is 0 Å². The minimum Gasteiger partial charge on any atom is -0.293 e. The Labute approximate surface area is 123 Å². The number of nitrogens with two attached hydrogens (primary N) is 1. The molecule has 100 valence electrons. The van der Waals surface area contributed by atoms with Crippen LogP contribution >= 0.6 is 15.9 Å². The Hall–Kier alpha value is -2.18. The third-order valence-corrected chi connectivity index (χ3v) is 3.46. The van der Waals surface area contributed by atoms with E-state index < -0.39 is 0 Å². The highest BCUT2D eigenvalue weighted by Crippen LogP contribution is 2.18. The first-order valence-electron chi connectivity index (χ1n) is 5.95. The molecule has 0 unspecified atom stereocenters. The smallest absolute Gasteiger partial charge is 0.267 e. The lowest BCUT2D eigenvalue weighted by Gasteiger charge is -2.12. The van der Waals surface area contributed by atoms with Gasteiger partial charge in [-0.3, -0.25) is 10.2 Å². The maximum atomic E-state index is 12.6. The summed E-state index contributed by atoms with van der Waals surface area (Å²) in [4.78, 5) is 17.0. The molecule has 0 radical (unpaired) electrons. The summed E-state index contributed by atoms with van der Waals surface area (Å²) in [6.07, 6.45) is 0. The van der Waals surface area contributed by atoms with Crippen molar-refractivity contribution in [3.63, 3.8) is 0 Å². The average molecular weight is 331 g/mol. The maximum absolute atomic E-state index is 12.6. The normalized spacial score (nSPS) is 10.7. The van der Waals surface area contributed by atoms with Gasteiger partial charge in [0, 0.05) is 4.47 Å². The molecule has 2 aromatic carbocycles. The van der Waals surface area contributed by atoms with Gasteiger partial charge in [-0.15, -0.1) is 0 Å². The predicted octanol–water partition coefficient (Wildman–Crippen LogP) is 2.43. The van der Waals surface area contributed by atoms with E-state index in [4.69, 9.17) is 5.84 Å². The van der Waals surface area contributed by atoms with E-state index in [-0.39, 0.29) is 5.56 Å². The Morgan fingerprint density at radius 2 is 1.95 bits per heavy atom. The van der Waals surface area contributed by atoms with Crippen molar-refractivity contribution in [2.45, 2.75) is 0 Å². The molecule has 0 atom stereocenters. The Kier molecular flexibility index (Phi) is 3.25. The highest BCUT2D eigenvalue weighted by Gasteiger charge is 2.11. The summed E-state index contributed by atoms with van der Waals surface area (Å²) in [6.45, 7) is 0. The quantitative estimate of drug-likeness (QED) is 0.559. The summed E-state index contributed by atoms with van der Waals surface area (Å²) in [5.41, 5.74) is 3.62. The number of anilines is 1. The van der Waals surface area contributed by atoms with Gasteiger partial charge in [-0.2, -0.15) is 0 Å². The van der Waals surface area contributed by atoms with Gasteiger partial charge in [-0.05, 0) is 30.3 Å². The number of nitrogens with zero attached hydrogens (tertiary/aromatic N) is 2. The van der Waals surface area contributed by atoms with Crippen molar-refractivity contribution in [3.8, 4) is 5.69 Å². The van der Waals surface area contributed by atoms with Crippen LogP contribution in [0.25, 0.3) is 16.6 Å². The minimum atomic E-state index is -0.165. The molecule has 0 aliphatic heterocycles.